The van der Waals surface area contributed by atoms with Crippen molar-refractivity contribution >= 4 is 71.3 Å². The number of nitrogens with two attached hydrogens (primary N) is 2. The van der Waals surface area contributed by atoms with E-state index < -0.39 is 19.8 Å². The maximum Gasteiger partial charge on any atom is 0.573 e. The molecule has 18 nitrogen and oxygen atoms in total. The highest BCUT2D eigenvalue weighted by Crippen LogP contribution is 2.36. The molecular weight excluding hydrogens is 1100 g/mol. The summed E-state index contributed by atoms with van der Waals surface area (Å²) in [5, 5.41) is 0. The highest BCUT2D eigenvalue weighted by atomic mass is 35.5. The molecule has 78 heavy (non-hydrogen) atoms. The molecule has 2 aromatic carbocycles. The molecule has 0 aliphatic carbocycles. The molecule has 4 N–H and O–H groups in total. The van der Waals surface area contributed by atoms with Crippen molar-refractivity contribution in [2.45, 2.75) is 77.2 Å². The minimum absolute atomic E-state index is 0.111. The molecule has 8 aromatic rings. The molecule has 0 bridgehead atoms. The van der Waals surface area contributed by atoms with Crippen LogP contribution in [0.25, 0.3) is 39.4 Å². The van der Waals surface area contributed by atoms with Gasteiger partial charge in [0.15, 0.2) is 0 Å². The van der Waals surface area contributed by atoms with Crippen molar-refractivity contribution in [3.63, 3.8) is 0 Å². The van der Waals surface area contributed by atoms with Gasteiger partial charge in [-0.15, -0.1) is 61.1 Å². The molecule has 1 aliphatic heterocycles. The summed E-state index contributed by atoms with van der Waals surface area (Å²) in [5.41, 5.74) is 15.5. The quantitative estimate of drug-likeness (QED) is 0.0624. The van der Waals surface area contributed by atoms with E-state index in [0.717, 1.165) is 46.4 Å². The van der Waals surface area contributed by atoms with Crippen LogP contribution in [0.3, 0.4) is 0 Å². The summed E-state index contributed by atoms with van der Waals surface area (Å²) in [5.74, 6) is 0.315. The van der Waals surface area contributed by atoms with Gasteiger partial charge in [-0.25, -0.2) is 29.9 Å². The monoisotopic (exact) mass is 1150 g/mol. The molecule has 412 valence electrons. The van der Waals surface area contributed by atoms with Crippen molar-refractivity contribution in [2.24, 2.45) is 0 Å². The average molecular weight is 1150 g/mol. The van der Waals surface area contributed by atoms with Crippen molar-refractivity contribution < 1.29 is 49.9 Å². The third kappa shape index (κ3) is 17.5. The van der Waals surface area contributed by atoms with E-state index >= 15 is 0 Å². The summed E-state index contributed by atoms with van der Waals surface area (Å²) in [6, 6.07) is 13.0. The Hall–Kier alpha value is -7.58. The van der Waals surface area contributed by atoms with Gasteiger partial charge in [0.2, 0.25) is 17.7 Å². The molecule has 0 unspecified atom stereocenters. The molecular formula is C50H49BCl3F6N11O7. The molecule has 1 saturated heterocycles. The van der Waals surface area contributed by atoms with E-state index in [2.05, 4.69) is 39.4 Å². The van der Waals surface area contributed by atoms with Crippen LogP contribution >= 0.6 is 34.8 Å². The van der Waals surface area contributed by atoms with E-state index in [0.29, 0.717) is 40.1 Å². The number of ether oxygens (including phenoxy) is 2. The Morgan fingerprint density at radius 1 is 0.667 bits per heavy atom. The zero-order valence-electron chi connectivity index (χ0n) is 42.4. The predicted octanol–water partition coefficient (Wildman–Crippen LogP) is 9.43. The summed E-state index contributed by atoms with van der Waals surface area (Å²) in [6.45, 7) is 13.3. The van der Waals surface area contributed by atoms with E-state index in [4.69, 9.17) is 60.4 Å². The third-order valence-corrected chi connectivity index (χ3v) is 11.2. The number of carbonyl (C=O) groups excluding carboxylic acids is 1. The lowest BCUT2D eigenvalue weighted by atomic mass is 9.81. The van der Waals surface area contributed by atoms with Crippen LogP contribution in [-0.2, 0) is 14.1 Å². The number of aldehydes is 1. The second-order valence-corrected chi connectivity index (χ2v) is 19.2. The molecule has 9 rings (SSSR count). The molecule has 0 atom stereocenters. The van der Waals surface area contributed by atoms with E-state index in [1.165, 1.54) is 57.9 Å². The number of nitrogens with zero attached hydrogens (tertiary/aromatic N) is 9. The van der Waals surface area contributed by atoms with E-state index in [1.54, 1.807) is 68.5 Å². The predicted molar refractivity (Wildman–Crippen MR) is 284 cm³/mol. The summed E-state index contributed by atoms with van der Waals surface area (Å²) in [7, 11) is -0.425. The third-order valence-electron chi connectivity index (χ3n) is 11.0. The van der Waals surface area contributed by atoms with Gasteiger partial charge in [-0.2, -0.15) is 0 Å². The van der Waals surface area contributed by atoms with Gasteiger partial charge < -0.3 is 35.0 Å². The molecule has 0 saturated carbocycles. The number of aryl methyl sites for hydroxylation is 2. The summed E-state index contributed by atoms with van der Waals surface area (Å²) in [4.78, 5) is 57.6. The van der Waals surface area contributed by atoms with Crippen LogP contribution in [0, 0.1) is 13.8 Å². The van der Waals surface area contributed by atoms with Crippen molar-refractivity contribution in [3.05, 3.63) is 154 Å². The zero-order chi connectivity index (χ0) is 57.8. The second kappa shape index (κ2) is 26.2. The normalized spacial score (nSPS) is 13.4. The van der Waals surface area contributed by atoms with Gasteiger partial charge in [0.25, 0.3) is 11.1 Å². The molecule has 0 amide bonds. The SMILES string of the molecule is CC(Cl)Cl.CC1(C)OB(c2cnc(N)nc2)OC1(C)C.Cc1cc(=O)n(-c2ccc(OC(F)(F)F)cc2)cc1-c1cnc(N)nc1.Cc1cc(=O)n(-c2ccc(OC(F)(F)F)cc2)cc1-c1cnc2nccn2c1.O=CCCl. The number of halogens is 9. The fraction of sp³-hybridized carbons (Fsp3) is 0.260. The van der Waals surface area contributed by atoms with Crippen LogP contribution in [0.1, 0.15) is 45.7 Å². The standard InChI is InChI=1S/C19H13F3N4O2.C17H13F3N4O2.C10H16BN3O2.C2H4Cl2.C2H3ClO/c1-12-8-17(27)26(14-2-4-15(5-3-14)28-19(20,21)22)11-16(12)13-9-24-18-23-6-7-25(18)10-13;1-10-6-15(25)24(9-14(10)11-7-22-16(21)23-8-11)12-2-4-13(5-3-12)26-17(18,19)20;1-9(2)10(3,4)16-11(15-9)7-5-13-8(12)14-6-7;1-2(3)4;3-1-2-4/h2-11H,1H3;2-9H,1H3,(H2,21,22,23);5-6H,1-4H3,(H2,12,13,14);2H,1H3;2H,1H2. The first-order valence-corrected chi connectivity index (χ1v) is 24.2. The van der Waals surface area contributed by atoms with Gasteiger partial charge in [-0.1, -0.05) is 0 Å². The van der Waals surface area contributed by atoms with Crippen molar-refractivity contribution in [1.29, 1.82) is 0 Å². The fourth-order valence-corrected chi connectivity index (χ4v) is 6.76. The van der Waals surface area contributed by atoms with Gasteiger partial charge >= 0.3 is 19.8 Å². The lowest BCUT2D eigenvalue weighted by Crippen LogP contribution is -2.41. The van der Waals surface area contributed by atoms with Crippen molar-refractivity contribution in [3.8, 4) is 45.1 Å². The summed E-state index contributed by atoms with van der Waals surface area (Å²) < 4.78 is 97.5. The maximum atomic E-state index is 12.4. The summed E-state index contributed by atoms with van der Waals surface area (Å²) in [6.07, 6.45) is 7.51. The first-order chi connectivity index (χ1) is 36.5. The Balaban J connectivity index is 0.000000207. The first-order valence-electron chi connectivity index (χ1n) is 22.8. The number of fused-ring (bicyclic) bond motifs is 1. The minimum Gasteiger partial charge on any atom is -0.406 e. The molecule has 0 radical (unpaired) electrons. The molecule has 1 aliphatic rings. The molecule has 1 fully saturated rings. The van der Waals surface area contributed by atoms with Gasteiger partial charge in [0.05, 0.1) is 17.1 Å². The van der Waals surface area contributed by atoms with E-state index in [-0.39, 0.29) is 56.4 Å². The fourth-order valence-electron chi connectivity index (χ4n) is 6.76. The van der Waals surface area contributed by atoms with Crippen LogP contribution in [0.5, 0.6) is 11.5 Å². The Kier molecular flexibility index (Phi) is 20.6. The number of anilines is 2. The van der Waals surface area contributed by atoms with Gasteiger partial charge in [0, 0.05) is 113 Å². The number of nitrogen functional groups attached to an aromatic ring is 2. The number of aromatic nitrogens is 9. The lowest BCUT2D eigenvalue weighted by molar-refractivity contribution is -0.275. The molecule has 0 spiro atoms. The lowest BCUT2D eigenvalue weighted by Gasteiger charge is -2.32. The molecule has 7 heterocycles. The number of hydrogen-bond acceptors (Lipinski definition) is 15. The van der Waals surface area contributed by atoms with Crippen molar-refractivity contribution in [1.82, 2.24) is 43.4 Å². The minimum atomic E-state index is -4.77. The molecule has 6 aromatic heterocycles. The summed E-state index contributed by atoms with van der Waals surface area (Å²) >= 11 is 14.9. The van der Waals surface area contributed by atoms with Crippen LogP contribution in [0.2, 0.25) is 0 Å². The van der Waals surface area contributed by atoms with Crippen LogP contribution in [-0.4, -0.2) is 91.5 Å². The van der Waals surface area contributed by atoms with E-state index in [9.17, 15) is 35.9 Å². The van der Waals surface area contributed by atoms with Crippen molar-refractivity contribution in [2.75, 3.05) is 17.3 Å². The number of imidazole rings is 1. The number of carbonyl (C=O) groups is 1. The largest absolute Gasteiger partial charge is 0.573 e. The second-order valence-electron chi connectivity index (χ2n) is 17.3. The highest BCUT2D eigenvalue weighted by molar-refractivity contribution is 6.61. The van der Waals surface area contributed by atoms with Gasteiger partial charge in [0.1, 0.15) is 22.6 Å². The smallest absolute Gasteiger partial charge is 0.406 e. The van der Waals surface area contributed by atoms with Crippen LogP contribution in [0.4, 0.5) is 38.2 Å². The Morgan fingerprint density at radius 3 is 1.45 bits per heavy atom. The average Bonchev–Trinajstić information content (AvgIpc) is 3.96. The van der Waals surface area contributed by atoms with Crippen LogP contribution < -0.4 is 37.5 Å². The number of hydrogen-bond donors (Lipinski definition) is 2. The maximum absolute atomic E-state index is 12.4. The topological polar surface area (TPSA) is 232 Å². The van der Waals surface area contributed by atoms with Crippen LogP contribution in [0.15, 0.2) is 132 Å². The first kappa shape index (κ1) is 61.3. The Morgan fingerprint density at radius 2 is 1.05 bits per heavy atom. The molecule has 28 heteroatoms. The zero-order valence-corrected chi connectivity index (χ0v) is 44.7. The van der Waals surface area contributed by atoms with Gasteiger partial charge in [-0.3, -0.25) is 23.1 Å². The highest BCUT2D eigenvalue weighted by Gasteiger charge is 2.52. The number of benzene rings is 2. The Labute approximate surface area is 457 Å². The Bertz CT molecular complexity index is 3370. The number of rotatable bonds is 8. The van der Waals surface area contributed by atoms with Gasteiger partial charge in [-0.05, 0) is 108 Å². The number of alkyl halides is 9. The van der Waals surface area contributed by atoms with E-state index in [1.807, 2.05) is 33.9 Å². The number of pyridine rings is 2.